The summed E-state index contributed by atoms with van der Waals surface area (Å²) >= 11 is 5.78. The second-order valence-electron chi connectivity index (χ2n) is 6.33. The van der Waals surface area contributed by atoms with Crippen LogP contribution in [0.2, 0.25) is 5.02 Å². The van der Waals surface area contributed by atoms with Crippen molar-refractivity contribution in [3.05, 3.63) is 46.7 Å². The number of ether oxygens (including phenoxy) is 1. The van der Waals surface area contributed by atoms with Crippen LogP contribution in [0.25, 0.3) is 0 Å². The fourth-order valence-electron chi connectivity index (χ4n) is 2.62. The number of carbonyl (C=O) groups excluding carboxylic acids is 4. The first-order chi connectivity index (χ1) is 13.8. The van der Waals surface area contributed by atoms with Gasteiger partial charge in [-0.25, -0.2) is 0 Å². The average molecular weight is 421 g/mol. The number of aromatic nitrogens is 1. The van der Waals surface area contributed by atoms with E-state index in [9.17, 15) is 19.2 Å². The normalized spacial score (nSPS) is 15.9. The highest BCUT2D eigenvalue weighted by Gasteiger charge is 2.36. The zero-order valence-corrected chi connectivity index (χ0v) is 16.1. The lowest BCUT2D eigenvalue weighted by Gasteiger charge is -2.17. The third-order valence-electron chi connectivity index (χ3n) is 4.04. The summed E-state index contributed by atoms with van der Waals surface area (Å²) in [4.78, 5) is 48.2. The standard InChI is InChI=1S/C18H17ClN4O6/c1-10-6-14(22-29-10)20-15(24)9-28-18(27)12-7-16(25)23(8-12)21-17(26)11-2-4-13(19)5-3-11/h2-6,12H,7-9H2,1H3,(H,21,26)(H,20,22,24)/t12-/m1/s1. The van der Waals surface area contributed by atoms with E-state index in [1.165, 1.54) is 18.2 Å². The van der Waals surface area contributed by atoms with Gasteiger partial charge in [0.25, 0.3) is 11.8 Å². The van der Waals surface area contributed by atoms with E-state index < -0.39 is 36.2 Å². The molecule has 1 fully saturated rings. The van der Waals surface area contributed by atoms with Gasteiger partial charge >= 0.3 is 5.97 Å². The van der Waals surface area contributed by atoms with Gasteiger partial charge in [0.05, 0.1) is 12.5 Å². The SMILES string of the molecule is Cc1cc(NC(=O)COC(=O)[C@@H]2CC(=O)N(NC(=O)c3ccc(Cl)cc3)C2)no1. The van der Waals surface area contributed by atoms with Gasteiger partial charge in [-0.05, 0) is 31.2 Å². The fraction of sp³-hybridized carbons (Fsp3) is 0.278. The lowest BCUT2D eigenvalue weighted by molar-refractivity contribution is -0.151. The quantitative estimate of drug-likeness (QED) is 0.673. The van der Waals surface area contributed by atoms with Crippen molar-refractivity contribution in [1.29, 1.82) is 0 Å². The molecular weight excluding hydrogens is 404 g/mol. The number of esters is 1. The first kappa shape index (κ1) is 20.3. The number of hydrazine groups is 1. The molecule has 2 aromatic rings. The molecule has 11 heteroatoms. The van der Waals surface area contributed by atoms with Crippen LogP contribution in [0, 0.1) is 12.8 Å². The molecule has 0 radical (unpaired) electrons. The Kier molecular flexibility index (Phi) is 6.13. The number of benzene rings is 1. The van der Waals surface area contributed by atoms with E-state index in [0.717, 1.165) is 5.01 Å². The van der Waals surface area contributed by atoms with Crippen LogP contribution < -0.4 is 10.7 Å². The number of hydrogen-bond donors (Lipinski definition) is 2. The second-order valence-corrected chi connectivity index (χ2v) is 6.77. The van der Waals surface area contributed by atoms with Gasteiger partial charge in [-0.2, -0.15) is 0 Å². The first-order valence-corrected chi connectivity index (χ1v) is 8.96. The maximum atomic E-state index is 12.2. The minimum Gasteiger partial charge on any atom is -0.455 e. The smallest absolute Gasteiger partial charge is 0.311 e. The average Bonchev–Trinajstić information content (AvgIpc) is 3.25. The predicted molar refractivity (Wildman–Crippen MR) is 99.6 cm³/mol. The summed E-state index contributed by atoms with van der Waals surface area (Å²) < 4.78 is 9.76. The van der Waals surface area contributed by atoms with Crippen LogP contribution in [0.3, 0.4) is 0 Å². The lowest BCUT2D eigenvalue weighted by Crippen LogP contribution is -2.43. The molecule has 1 aliphatic rings. The molecule has 1 aliphatic heterocycles. The number of nitrogens with zero attached hydrogens (tertiary/aromatic N) is 2. The molecule has 3 rings (SSSR count). The third kappa shape index (κ3) is 5.32. The van der Waals surface area contributed by atoms with Gasteiger partial charge in [0.15, 0.2) is 12.4 Å². The highest BCUT2D eigenvalue weighted by Crippen LogP contribution is 2.18. The molecule has 2 heterocycles. The second kappa shape index (κ2) is 8.74. The number of rotatable bonds is 6. The first-order valence-electron chi connectivity index (χ1n) is 8.58. The molecule has 1 aromatic heterocycles. The number of anilines is 1. The van der Waals surface area contributed by atoms with Crippen molar-refractivity contribution in [2.75, 3.05) is 18.5 Å². The van der Waals surface area contributed by atoms with Crippen molar-refractivity contribution >= 4 is 41.1 Å². The maximum Gasteiger partial charge on any atom is 0.311 e. The Hall–Kier alpha value is -3.40. The summed E-state index contributed by atoms with van der Waals surface area (Å²) in [7, 11) is 0. The monoisotopic (exact) mass is 420 g/mol. The van der Waals surface area contributed by atoms with Crippen LogP contribution in [0.15, 0.2) is 34.9 Å². The molecule has 1 aromatic carbocycles. The summed E-state index contributed by atoms with van der Waals surface area (Å²) in [6, 6.07) is 7.64. The fourth-order valence-corrected chi connectivity index (χ4v) is 2.75. The number of amides is 3. The Morgan fingerprint density at radius 1 is 1.31 bits per heavy atom. The Balaban J connectivity index is 1.47. The van der Waals surface area contributed by atoms with E-state index in [1.54, 1.807) is 19.1 Å². The number of hydrogen-bond acceptors (Lipinski definition) is 7. The Labute approximate surface area is 170 Å². The van der Waals surface area contributed by atoms with Crippen LogP contribution in [-0.2, 0) is 19.1 Å². The van der Waals surface area contributed by atoms with E-state index in [-0.39, 0.29) is 18.8 Å². The van der Waals surface area contributed by atoms with E-state index in [0.29, 0.717) is 16.3 Å². The summed E-state index contributed by atoms with van der Waals surface area (Å²) in [6.07, 6.45) is -0.135. The molecule has 0 bridgehead atoms. The zero-order chi connectivity index (χ0) is 21.0. The van der Waals surface area contributed by atoms with Gasteiger partial charge in [0.2, 0.25) is 5.91 Å². The third-order valence-corrected chi connectivity index (χ3v) is 4.29. The molecule has 0 spiro atoms. The van der Waals surface area contributed by atoms with Crippen molar-refractivity contribution in [2.45, 2.75) is 13.3 Å². The van der Waals surface area contributed by atoms with Crippen molar-refractivity contribution < 1.29 is 28.4 Å². The Morgan fingerprint density at radius 3 is 2.69 bits per heavy atom. The van der Waals surface area contributed by atoms with Crippen molar-refractivity contribution in [3.8, 4) is 0 Å². The molecule has 3 amide bonds. The minimum atomic E-state index is -0.796. The van der Waals surface area contributed by atoms with Crippen molar-refractivity contribution in [2.24, 2.45) is 5.92 Å². The largest absolute Gasteiger partial charge is 0.455 e. The molecular formula is C18H17ClN4O6. The van der Waals surface area contributed by atoms with Gasteiger partial charge < -0.3 is 14.6 Å². The Morgan fingerprint density at radius 2 is 2.03 bits per heavy atom. The minimum absolute atomic E-state index is 0.0545. The van der Waals surface area contributed by atoms with Gasteiger partial charge in [0, 0.05) is 23.1 Å². The molecule has 2 N–H and O–H groups in total. The highest BCUT2D eigenvalue weighted by atomic mass is 35.5. The summed E-state index contributed by atoms with van der Waals surface area (Å²) in [6.45, 7) is 1.07. The van der Waals surface area contributed by atoms with Crippen LogP contribution in [0.5, 0.6) is 0 Å². The zero-order valence-electron chi connectivity index (χ0n) is 15.3. The van der Waals surface area contributed by atoms with Crippen LogP contribution in [0.4, 0.5) is 5.82 Å². The Bertz CT molecular complexity index is 942. The summed E-state index contributed by atoms with van der Waals surface area (Å²) in [5.74, 6) is -2.33. The number of halogens is 1. The molecule has 1 saturated heterocycles. The molecule has 10 nitrogen and oxygen atoms in total. The van der Waals surface area contributed by atoms with E-state index in [1.807, 2.05) is 0 Å². The molecule has 0 unspecified atom stereocenters. The predicted octanol–water partition coefficient (Wildman–Crippen LogP) is 1.31. The lowest BCUT2D eigenvalue weighted by atomic mass is 10.1. The van der Waals surface area contributed by atoms with Crippen molar-refractivity contribution in [3.63, 3.8) is 0 Å². The molecule has 0 saturated carbocycles. The van der Waals surface area contributed by atoms with Gasteiger partial charge in [-0.3, -0.25) is 29.6 Å². The maximum absolute atomic E-state index is 12.2. The van der Waals surface area contributed by atoms with Gasteiger partial charge in [-0.1, -0.05) is 16.8 Å². The molecule has 0 aliphatic carbocycles. The van der Waals surface area contributed by atoms with Gasteiger partial charge in [0.1, 0.15) is 5.76 Å². The van der Waals surface area contributed by atoms with E-state index in [4.69, 9.17) is 20.9 Å². The number of aryl methyl sites for hydroxylation is 1. The molecule has 1 atom stereocenters. The topological polar surface area (TPSA) is 131 Å². The van der Waals surface area contributed by atoms with Crippen LogP contribution in [0.1, 0.15) is 22.5 Å². The van der Waals surface area contributed by atoms with Crippen LogP contribution >= 0.6 is 11.6 Å². The van der Waals surface area contributed by atoms with E-state index >= 15 is 0 Å². The number of nitrogens with one attached hydrogen (secondary N) is 2. The molecule has 29 heavy (non-hydrogen) atoms. The summed E-state index contributed by atoms with van der Waals surface area (Å²) in [5.41, 5.74) is 2.76. The molecule has 152 valence electrons. The highest BCUT2D eigenvalue weighted by molar-refractivity contribution is 6.30. The summed E-state index contributed by atoms with van der Waals surface area (Å²) in [5, 5.41) is 7.53. The van der Waals surface area contributed by atoms with Crippen molar-refractivity contribution in [1.82, 2.24) is 15.6 Å². The van der Waals surface area contributed by atoms with Gasteiger partial charge in [-0.15, -0.1) is 0 Å². The van der Waals surface area contributed by atoms with Crippen LogP contribution in [-0.4, -0.2) is 47.0 Å². The van der Waals surface area contributed by atoms with E-state index in [2.05, 4.69) is 15.9 Å². The number of carbonyl (C=O) groups is 4.